The zero-order valence-electron chi connectivity index (χ0n) is 14.9. The van der Waals surface area contributed by atoms with Crippen LogP contribution in [0, 0.1) is 6.92 Å². The number of anilines is 1. The molecule has 2 aliphatic heterocycles. The number of benzene rings is 1. The average Bonchev–Trinajstić information content (AvgIpc) is 3.30. The Morgan fingerprint density at radius 2 is 2.23 bits per heavy atom. The Kier molecular flexibility index (Phi) is 4.46. The van der Waals surface area contributed by atoms with Gasteiger partial charge in [-0.05, 0) is 37.8 Å². The molecule has 1 N–H and O–H groups in total. The van der Waals surface area contributed by atoms with Crippen LogP contribution in [0.5, 0.6) is 0 Å². The van der Waals surface area contributed by atoms with Crippen LogP contribution in [-0.2, 0) is 14.3 Å². The first-order valence-corrected chi connectivity index (χ1v) is 8.86. The van der Waals surface area contributed by atoms with Gasteiger partial charge in [-0.2, -0.15) is 10.1 Å². The molecule has 0 radical (unpaired) electrons. The minimum atomic E-state index is -0.369. The number of allylic oxidation sites excluding steroid dienone is 1. The minimum Gasteiger partial charge on any atom is -0.459 e. The summed E-state index contributed by atoms with van der Waals surface area (Å²) < 4.78 is 12.9. The number of esters is 1. The normalized spacial score (nSPS) is 22.1. The summed E-state index contributed by atoms with van der Waals surface area (Å²) in [6.45, 7) is 4.91. The second-order valence-corrected chi connectivity index (χ2v) is 6.68. The highest BCUT2D eigenvalue weighted by Gasteiger charge is 2.35. The standard InChI is InChI=1S/C19H22N4O3/c1-12-6-3-4-8-15(12)17-16(13(2)22-19-20-11-21-23(17)19)18(24)26-10-14-7-5-9-25-14/h3-4,6,8,11,14,17H,5,7,9-10H2,1-2H3,(H,20,21,22)/t14-,17+/m1/s1. The first kappa shape index (κ1) is 16.8. The van der Waals surface area contributed by atoms with Gasteiger partial charge in [0.1, 0.15) is 19.0 Å². The molecule has 1 aromatic carbocycles. The van der Waals surface area contributed by atoms with Gasteiger partial charge in [-0.3, -0.25) is 0 Å². The van der Waals surface area contributed by atoms with Gasteiger partial charge >= 0.3 is 5.97 Å². The van der Waals surface area contributed by atoms with Gasteiger partial charge in [-0.1, -0.05) is 24.3 Å². The van der Waals surface area contributed by atoms with Crippen LogP contribution in [0.2, 0.25) is 0 Å². The SMILES string of the molecule is CC1=C(C(=O)OC[C@H]2CCCO2)[C@H](c2ccccc2C)n2ncnc2N1. The molecular formula is C19H22N4O3. The van der Waals surface area contributed by atoms with Crippen LogP contribution in [0.4, 0.5) is 5.95 Å². The molecule has 0 spiro atoms. The second kappa shape index (κ2) is 6.92. The number of nitrogens with zero attached hydrogens (tertiary/aromatic N) is 3. The van der Waals surface area contributed by atoms with Gasteiger partial charge in [-0.15, -0.1) is 0 Å². The summed E-state index contributed by atoms with van der Waals surface area (Å²) in [6, 6.07) is 7.61. The number of aryl methyl sites for hydroxylation is 1. The lowest BCUT2D eigenvalue weighted by Gasteiger charge is -2.29. The van der Waals surface area contributed by atoms with Gasteiger partial charge in [0, 0.05) is 12.3 Å². The number of rotatable bonds is 4. The highest BCUT2D eigenvalue weighted by Crippen LogP contribution is 2.36. The van der Waals surface area contributed by atoms with Crippen molar-refractivity contribution in [1.29, 1.82) is 0 Å². The van der Waals surface area contributed by atoms with Crippen molar-refractivity contribution in [3.8, 4) is 0 Å². The largest absolute Gasteiger partial charge is 0.459 e. The van der Waals surface area contributed by atoms with Gasteiger partial charge in [0.15, 0.2) is 0 Å². The van der Waals surface area contributed by atoms with E-state index < -0.39 is 0 Å². The summed E-state index contributed by atoms with van der Waals surface area (Å²) in [4.78, 5) is 17.2. The molecule has 4 rings (SSSR count). The summed E-state index contributed by atoms with van der Waals surface area (Å²) in [7, 11) is 0. The Hall–Kier alpha value is -2.67. The maximum atomic E-state index is 13.0. The van der Waals surface area contributed by atoms with Crippen LogP contribution < -0.4 is 5.32 Å². The van der Waals surface area contributed by atoms with Gasteiger partial charge < -0.3 is 14.8 Å². The van der Waals surface area contributed by atoms with Crippen LogP contribution >= 0.6 is 0 Å². The Bertz CT molecular complexity index is 852. The number of hydrogen-bond acceptors (Lipinski definition) is 6. The number of ether oxygens (including phenoxy) is 2. The van der Waals surface area contributed by atoms with Gasteiger partial charge in [0.2, 0.25) is 5.95 Å². The maximum absolute atomic E-state index is 13.0. The highest BCUT2D eigenvalue weighted by atomic mass is 16.6. The van der Waals surface area contributed by atoms with E-state index in [0.29, 0.717) is 11.5 Å². The van der Waals surface area contributed by atoms with E-state index >= 15 is 0 Å². The zero-order chi connectivity index (χ0) is 18.1. The molecule has 1 saturated heterocycles. The molecule has 7 heteroatoms. The first-order chi connectivity index (χ1) is 12.6. The van der Waals surface area contributed by atoms with E-state index in [4.69, 9.17) is 9.47 Å². The fourth-order valence-corrected chi connectivity index (χ4v) is 3.56. The second-order valence-electron chi connectivity index (χ2n) is 6.68. The van der Waals surface area contributed by atoms with Crippen molar-refractivity contribution in [2.75, 3.05) is 18.5 Å². The third-order valence-electron chi connectivity index (χ3n) is 4.92. The van der Waals surface area contributed by atoms with Crippen molar-refractivity contribution < 1.29 is 14.3 Å². The van der Waals surface area contributed by atoms with Gasteiger partial charge in [0.05, 0.1) is 11.7 Å². The number of carbonyl (C=O) groups excluding carboxylic acids is 1. The summed E-state index contributed by atoms with van der Waals surface area (Å²) in [5.74, 6) is 0.270. The molecule has 7 nitrogen and oxygen atoms in total. The fourth-order valence-electron chi connectivity index (χ4n) is 3.56. The van der Waals surface area contributed by atoms with Gasteiger partial charge in [-0.25, -0.2) is 9.48 Å². The Labute approximate surface area is 152 Å². The lowest BCUT2D eigenvalue weighted by Crippen LogP contribution is -2.31. The highest BCUT2D eigenvalue weighted by molar-refractivity contribution is 5.92. The van der Waals surface area contributed by atoms with Crippen LogP contribution in [0.1, 0.15) is 36.9 Å². The molecule has 2 atom stereocenters. The molecule has 2 aromatic rings. The van der Waals surface area contributed by atoms with E-state index in [0.717, 1.165) is 36.3 Å². The molecule has 1 fully saturated rings. The number of fused-ring (bicyclic) bond motifs is 1. The van der Waals surface area contributed by atoms with E-state index in [1.54, 1.807) is 4.68 Å². The van der Waals surface area contributed by atoms with Crippen LogP contribution in [0.25, 0.3) is 0 Å². The molecule has 2 aliphatic rings. The third-order valence-corrected chi connectivity index (χ3v) is 4.92. The number of carbonyl (C=O) groups is 1. The quantitative estimate of drug-likeness (QED) is 0.851. The van der Waals surface area contributed by atoms with Crippen molar-refractivity contribution in [3.05, 3.63) is 53.0 Å². The Morgan fingerprint density at radius 3 is 3.00 bits per heavy atom. The number of aromatic nitrogens is 3. The van der Waals surface area contributed by atoms with Crippen molar-refractivity contribution in [3.63, 3.8) is 0 Å². The van der Waals surface area contributed by atoms with Gasteiger partial charge in [0.25, 0.3) is 0 Å². The van der Waals surface area contributed by atoms with Crippen molar-refractivity contribution >= 4 is 11.9 Å². The molecule has 26 heavy (non-hydrogen) atoms. The van der Waals surface area contributed by atoms with Crippen LogP contribution in [0.3, 0.4) is 0 Å². The summed E-state index contributed by atoms with van der Waals surface area (Å²) in [5.41, 5.74) is 3.37. The molecule has 0 aliphatic carbocycles. The number of hydrogen-bond donors (Lipinski definition) is 1. The van der Waals surface area contributed by atoms with E-state index in [-0.39, 0.29) is 24.7 Å². The predicted octanol–water partition coefficient (Wildman–Crippen LogP) is 2.60. The van der Waals surface area contributed by atoms with Crippen molar-refractivity contribution in [1.82, 2.24) is 14.8 Å². The minimum absolute atomic E-state index is 0.00440. The van der Waals surface area contributed by atoms with E-state index in [1.807, 2.05) is 38.1 Å². The number of nitrogens with one attached hydrogen (secondary N) is 1. The maximum Gasteiger partial charge on any atom is 0.338 e. The summed E-state index contributed by atoms with van der Waals surface area (Å²) in [5, 5.41) is 7.49. The lowest BCUT2D eigenvalue weighted by molar-refractivity contribution is -0.142. The zero-order valence-corrected chi connectivity index (χ0v) is 14.9. The smallest absolute Gasteiger partial charge is 0.338 e. The first-order valence-electron chi connectivity index (χ1n) is 8.86. The monoisotopic (exact) mass is 354 g/mol. The van der Waals surface area contributed by atoms with Crippen molar-refractivity contribution in [2.24, 2.45) is 0 Å². The molecule has 0 bridgehead atoms. The van der Waals surface area contributed by atoms with E-state index in [2.05, 4.69) is 15.4 Å². The van der Waals surface area contributed by atoms with E-state index in [1.165, 1.54) is 6.33 Å². The third kappa shape index (κ3) is 2.99. The molecule has 1 aromatic heterocycles. The topological polar surface area (TPSA) is 78.3 Å². The Balaban J connectivity index is 1.68. The van der Waals surface area contributed by atoms with Crippen molar-refractivity contribution in [2.45, 2.75) is 38.8 Å². The predicted molar refractivity (Wildman–Crippen MR) is 95.6 cm³/mol. The van der Waals surface area contributed by atoms with Crippen LogP contribution in [-0.4, -0.2) is 40.1 Å². The lowest BCUT2D eigenvalue weighted by atomic mass is 9.92. The molecular weight excluding hydrogens is 332 g/mol. The summed E-state index contributed by atoms with van der Waals surface area (Å²) in [6.07, 6.45) is 3.43. The average molecular weight is 354 g/mol. The summed E-state index contributed by atoms with van der Waals surface area (Å²) >= 11 is 0. The van der Waals surface area contributed by atoms with E-state index in [9.17, 15) is 4.79 Å². The molecule has 0 amide bonds. The molecule has 0 saturated carbocycles. The molecule has 136 valence electrons. The van der Waals surface area contributed by atoms with Crippen LogP contribution in [0.15, 0.2) is 41.9 Å². The molecule has 3 heterocycles. The fraction of sp³-hybridized carbons (Fsp3) is 0.421. The molecule has 0 unspecified atom stereocenters. The Morgan fingerprint density at radius 1 is 1.38 bits per heavy atom.